The molecule has 0 bridgehead atoms. The van der Waals surface area contributed by atoms with Crippen molar-refractivity contribution in [2.24, 2.45) is 7.05 Å². The van der Waals surface area contributed by atoms with Crippen molar-refractivity contribution in [1.29, 1.82) is 0 Å². The van der Waals surface area contributed by atoms with Gasteiger partial charge in [-0.25, -0.2) is 9.67 Å². The molecule has 1 N–H and O–H groups in total. The van der Waals surface area contributed by atoms with Crippen LogP contribution in [0.15, 0.2) is 16.1 Å². The molecule has 0 unspecified atom stereocenters. The van der Waals surface area contributed by atoms with Crippen LogP contribution >= 0.6 is 11.8 Å². The summed E-state index contributed by atoms with van der Waals surface area (Å²) in [5.74, 6) is 0. The highest BCUT2D eigenvalue weighted by Gasteiger charge is 2.38. The molecule has 0 amide bonds. The molecule has 0 spiro atoms. The van der Waals surface area contributed by atoms with Crippen LogP contribution < -0.4 is 5.56 Å². The first-order chi connectivity index (χ1) is 9.25. The predicted octanol–water partition coefficient (Wildman–Crippen LogP) is 0.775. The van der Waals surface area contributed by atoms with E-state index < -0.39 is 24.4 Å². The van der Waals surface area contributed by atoms with Gasteiger partial charge in [-0.1, -0.05) is 0 Å². The lowest BCUT2D eigenvalue weighted by atomic mass is 10.3. The number of aromatic nitrogens is 4. The number of thioether (sulfide) groups is 1. The van der Waals surface area contributed by atoms with Gasteiger partial charge in [0.2, 0.25) is 0 Å². The van der Waals surface area contributed by atoms with E-state index in [9.17, 15) is 18.0 Å². The molecule has 2 rings (SSSR count). The Morgan fingerprint density at radius 2 is 2.15 bits per heavy atom. The molecular formula is C10H11F3N4O2S. The summed E-state index contributed by atoms with van der Waals surface area (Å²) in [5, 5.41) is 13.6. The minimum atomic E-state index is -4.79. The van der Waals surface area contributed by atoms with Gasteiger partial charge in [0.25, 0.3) is 5.56 Å². The molecule has 0 saturated carbocycles. The van der Waals surface area contributed by atoms with Gasteiger partial charge in [-0.3, -0.25) is 9.36 Å². The van der Waals surface area contributed by atoms with Crippen LogP contribution in [0.5, 0.6) is 0 Å². The van der Waals surface area contributed by atoms with Gasteiger partial charge in [0.1, 0.15) is 16.7 Å². The maximum atomic E-state index is 12.3. The van der Waals surface area contributed by atoms with Gasteiger partial charge in [-0.15, -0.1) is 11.8 Å². The molecule has 0 fully saturated rings. The van der Waals surface area contributed by atoms with Gasteiger partial charge in [0.15, 0.2) is 11.8 Å². The van der Waals surface area contributed by atoms with E-state index in [1.54, 1.807) is 13.3 Å². The van der Waals surface area contributed by atoms with Gasteiger partial charge < -0.3 is 5.11 Å². The Morgan fingerprint density at radius 1 is 1.50 bits per heavy atom. The van der Waals surface area contributed by atoms with Gasteiger partial charge in [0, 0.05) is 7.05 Å². The predicted molar refractivity (Wildman–Crippen MR) is 66.6 cm³/mol. The second-order valence-corrected chi connectivity index (χ2v) is 4.89. The molecule has 1 atom stereocenters. The molecule has 2 aromatic heterocycles. The molecule has 0 aromatic carbocycles. The minimum absolute atomic E-state index is 0.150. The molecule has 0 aliphatic heterocycles. The van der Waals surface area contributed by atoms with E-state index in [0.717, 1.165) is 10.9 Å². The second kappa shape index (κ2) is 5.09. The summed E-state index contributed by atoms with van der Waals surface area (Å²) < 4.78 is 39.1. The van der Waals surface area contributed by atoms with Crippen molar-refractivity contribution in [2.75, 3.05) is 6.26 Å². The SMILES string of the molecule is CSc1nn(C)c2ncn(C[C@@H](O)C(F)(F)F)c(=O)c12. The number of hydrogen-bond acceptors (Lipinski definition) is 5. The third-order valence-corrected chi connectivity index (χ3v) is 3.39. The number of aliphatic hydroxyl groups excluding tert-OH is 1. The van der Waals surface area contributed by atoms with Crippen molar-refractivity contribution in [3.8, 4) is 0 Å². The summed E-state index contributed by atoms with van der Waals surface area (Å²) in [6.45, 7) is -0.895. The molecule has 6 nitrogen and oxygen atoms in total. The van der Waals surface area contributed by atoms with Crippen LogP contribution in [0, 0.1) is 0 Å². The van der Waals surface area contributed by atoms with Gasteiger partial charge in [-0.2, -0.15) is 18.3 Å². The highest BCUT2D eigenvalue weighted by atomic mass is 32.2. The van der Waals surface area contributed by atoms with Gasteiger partial charge in [-0.05, 0) is 6.26 Å². The van der Waals surface area contributed by atoms with Crippen LogP contribution in [0.25, 0.3) is 11.0 Å². The zero-order valence-electron chi connectivity index (χ0n) is 10.5. The van der Waals surface area contributed by atoms with Crippen LogP contribution in [-0.2, 0) is 13.6 Å². The number of aliphatic hydroxyl groups is 1. The number of alkyl halides is 3. The molecule has 110 valence electrons. The summed E-state index contributed by atoms with van der Waals surface area (Å²) in [4.78, 5) is 16.1. The lowest BCUT2D eigenvalue weighted by Crippen LogP contribution is -2.36. The molecular weight excluding hydrogens is 297 g/mol. The van der Waals surface area contributed by atoms with E-state index >= 15 is 0 Å². The van der Waals surface area contributed by atoms with E-state index in [1.807, 2.05) is 0 Å². The zero-order chi connectivity index (χ0) is 15.1. The van der Waals surface area contributed by atoms with Gasteiger partial charge >= 0.3 is 6.18 Å². The Balaban J connectivity index is 2.52. The van der Waals surface area contributed by atoms with E-state index in [1.165, 1.54) is 16.4 Å². The van der Waals surface area contributed by atoms with Crippen molar-refractivity contribution >= 4 is 22.8 Å². The van der Waals surface area contributed by atoms with E-state index in [2.05, 4.69) is 10.1 Å². The number of nitrogens with zero attached hydrogens (tertiary/aromatic N) is 4. The van der Waals surface area contributed by atoms with Crippen LogP contribution in [0.2, 0.25) is 0 Å². The lowest BCUT2D eigenvalue weighted by molar-refractivity contribution is -0.207. The molecule has 0 aliphatic rings. The van der Waals surface area contributed by atoms with Crippen molar-refractivity contribution in [1.82, 2.24) is 19.3 Å². The highest BCUT2D eigenvalue weighted by Crippen LogP contribution is 2.22. The van der Waals surface area contributed by atoms with Crippen LogP contribution in [-0.4, -0.2) is 43.0 Å². The lowest BCUT2D eigenvalue weighted by Gasteiger charge is -2.15. The quantitative estimate of drug-likeness (QED) is 0.848. The number of aryl methyl sites for hydroxylation is 1. The summed E-state index contributed by atoms with van der Waals surface area (Å²) in [6, 6.07) is 0. The van der Waals surface area contributed by atoms with E-state index in [-0.39, 0.29) is 11.0 Å². The normalized spacial score (nSPS) is 13.9. The standard InChI is InChI=1S/C10H11F3N4O2S/c1-16-7-6(8(15-16)20-2)9(19)17(4-14-7)3-5(18)10(11,12)13/h4-5,18H,3H2,1-2H3/t5-/m1/s1. The Hall–Kier alpha value is -1.55. The molecule has 0 radical (unpaired) electrons. The Kier molecular flexibility index (Phi) is 3.78. The average Bonchev–Trinajstić information content (AvgIpc) is 2.69. The van der Waals surface area contributed by atoms with Crippen molar-refractivity contribution in [3.05, 3.63) is 16.7 Å². The maximum Gasteiger partial charge on any atom is 0.416 e. The maximum absolute atomic E-state index is 12.3. The zero-order valence-corrected chi connectivity index (χ0v) is 11.4. The molecule has 0 aliphatic carbocycles. The smallest absolute Gasteiger partial charge is 0.382 e. The van der Waals surface area contributed by atoms with Crippen molar-refractivity contribution < 1.29 is 18.3 Å². The third-order valence-electron chi connectivity index (χ3n) is 2.72. The molecule has 0 saturated heterocycles. The van der Waals surface area contributed by atoms with Crippen molar-refractivity contribution in [3.63, 3.8) is 0 Å². The number of halogens is 3. The molecule has 10 heteroatoms. The fraction of sp³-hybridized carbons (Fsp3) is 0.500. The number of fused-ring (bicyclic) bond motifs is 1. The van der Waals surface area contributed by atoms with E-state index in [4.69, 9.17) is 5.11 Å². The van der Waals surface area contributed by atoms with Crippen LogP contribution in [0.4, 0.5) is 13.2 Å². The van der Waals surface area contributed by atoms with Gasteiger partial charge in [0.05, 0.1) is 6.54 Å². The monoisotopic (exact) mass is 308 g/mol. The first kappa shape index (κ1) is 14.9. The first-order valence-corrected chi connectivity index (χ1v) is 6.69. The fourth-order valence-corrected chi connectivity index (χ4v) is 2.30. The largest absolute Gasteiger partial charge is 0.416 e. The molecule has 20 heavy (non-hydrogen) atoms. The van der Waals surface area contributed by atoms with Crippen LogP contribution in [0.3, 0.4) is 0 Å². The highest BCUT2D eigenvalue weighted by molar-refractivity contribution is 7.98. The average molecular weight is 308 g/mol. The second-order valence-electron chi connectivity index (χ2n) is 4.09. The number of hydrogen-bond donors (Lipinski definition) is 1. The summed E-state index contributed by atoms with van der Waals surface area (Å²) >= 11 is 1.20. The molecule has 2 aromatic rings. The first-order valence-electron chi connectivity index (χ1n) is 5.46. The Morgan fingerprint density at radius 3 is 2.70 bits per heavy atom. The third kappa shape index (κ3) is 2.52. The minimum Gasteiger partial charge on any atom is -0.382 e. The fourth-order valence-electron chi connectivity index (χ4n) is 1.71. The van der Waals surface area contributed by atoms with Crippen molar-refractivity contribution in [2.45, 2.75) is 23.9 Å². The number of rotatable bonds is 3. The van der Waals surface area contributed by atoms with E-state index in [0.29, 0.717) is 5.03 Å². The molecule has 2 heterocycles. The summed E-state index contributed by atoms with van der Waals surface area (Å²) in [5.41, 5.74) is -0.368. The Bertz CT molecular complexity index is 694. The Labute approximate surface area is 115 Å². The summed E-state index contributed by atoms with van der Waals surface area (Å²) in [7, 11) is 1.59. The topological polar surface area (TPSA) is 72.9 Å². The van der Waals surface area contributed by atoms with Crippen LogP contribution in [0.1, 0.15) is 0 Å². The summed E-state index contributed by atoms with van der Waals surface area (Å²) in [6.07, 6.45) is -4.73.